The Kier molecular flexibility index (Phi) is 20.7. The van der Waals surface area contributed by atoms with E-state index in [1.165, 1.54) is 114 Å². The number of rotatable bonds is 18. The molecular weight excluding hydrogens is 1420 g/mol. The van der Waals surface area contributed by atoms with Gasteiger partial charge in [0.2, 0.25) is 0 Å². The predicted molar refractivity (Wildman–Crippen MR) is 378 cm³/mol. The lowest BCUT2D eigenvalue weighted by molar-refractivity contribution is -0.137. The zero-order chi connectivity index (χ0) is 71.6. The van der Waals surface area contributed by atoms with Crippen LogP contribution in [-0.2, 0) is 19.1 Å². The topological polar surface area (TPSA) is 270 Å². The summed E-state index contributed by atoms with van der Waals surface area (Å²) in [5, 5.41) is 30.4. The van der Waals surface area contributed by atoms with Crippen molar-refractivity contribution in [2.45, 2.75) is 34.0 Å². The number of aliphatic hydroxyl groups is 1. The largest absolute Gasteiger partial charge is 0.508 e. The lowest BCUT2D eigenvalue weighted by Crippen LogP contribution is -2.53. The number of aliphatic imine (C=N–C) groups is 2. The van der Waals surface area contributed by atoms with Gasteiger partial charge in [-0.25, -0.2) is 47.1 Å². The fourth-order valence-electron chi connectivity index (χ4n) is 12.7. The number of carboxylic acid groups (broad SMARTS) is 1. The molecule has 6 aliphatic heterocycles. The van der Waals surface area contributed by atoms with Crippen molar-refractivity contribution < 1.29 is 61.7 Å². The molecule has 0 spiro atoms. The van der Waals surface area contributed by atoms with Gasteiger partial charge >= 0.3 is 30.0 Å². The van der Waals surface area contributed by atoms with Crippen molar-refractivity contribution >= 4 is 116 Å². The number of anilines is 2. The summed E-state index contributed by atoms with van der Waals surface area (Å²) in [5.41, 5.74) is 3.36. The van der Waals surface area contributed by atoms with Gasteiger partial charge in [0.25, 0.3) is 5.56 Å². The van der Waals surface area contributed by atoms with Gasteiger partial charge in [0.15, 0.2) is 33.3 Å². The summed E-state index contributed by atoms with van der Waals surface area (Å²) in [4.78, 5) is 115. The van der Waals surface area contributed by atoms with Crippen molar-refractivity contribution in [3.8, 4) is 5.75 Å². The van der Waals surface area contributed by atoms with Gasteiger partial charge in [0, 0.05) is 148 Å². The van der Waals surface area contributed by atoms with Crippen molar-refractivity contribution in [2.75, 3.05) is 89.5 Å². The summed E-state index contributed by atoms with van der Waals surface area (Å²) in [5.74, 6) is -3.76. The first-order chi connectivity index (χ1) is 49.2. The van der Waals surface area contributed by atoms with Crippen molar-refractivity contribution in [2.24, 2.45) is 9.98 Å². The quantitative estimate of drug-likeness (QED) is 0.0459. The Morgan fingerprint density at radius 3 is 1.55 bits per heavy atom. The van der Waals surface area contributed by atoms with Crippen molar-refractivity contribution in [1.29, 1.82) is 0 Å². The zero-order valence-corrected chi connectivity index (χ0v) is 58.0. The maximum atomic E-state index is 14.7. The molecule has 4 saturated heterocycles. The van der Waals surface area contributed by atoms with Crippen LogP contribution in [0.5, 0.6) is 5.75 Å². The number of carbonyl (C=O) groups excluding carboxylic acids is 4. The number of hydrogen-bond donors (Lipinski definition) is 4. The Balaban J connectivity index is 0.000000182. The number of nitrogens with zero attached hydrogens (tertiary/aromatic N) is 11. The van der Waals surface area contributed by atoms with E-state index in [2.05, 4.69) is 37.0 Å². The number of amidine groups is 2. The van der Waals surface area contributed by atoms with Gasteiger partial charge in [0.05, 0.1) is 54.9 Å². The fourth-order valence-corrected chi connectivity index (χ4v) is 15.2. The number of pyridine rings is 1. The third-order valence-electron chi connectivity index (χ3n) is 17.6. The third kappa shape index (κ3) is 14.9. The molecule has 9 heterocycles. The molecule has 32 heteroatoms. The second-order valence-corrected chi connectivity index (χ2v) is 27.6. The van der Waals surface area contributed by atoms with Crippen molar-refractivity contribution in [3.63, 3.8) is 0 Å². The van der Waals surface area contributed by atoms with E-state index in [1.807, 2.05) is 34.5 Å². The zero-order valence-electron chi connectivity index (χ0n) is 54.0. The average molecular weight is 1480 g/mol. The molecule has 0 saturated carbocycles. The number of piperazine rings is 2. The number of halogens is 5. The molecule has 0 radical (unpaired) electrons. The Bertz CT molecular complexity index is 4820. The number of nitrogens with one attached hydrogen (secondary N) is 2. The number of ether oxygens (including phenoxy) is 2. The number of hydrogen-bond acceptors (Lipinski definition) is 21. The van der Waals surface area contributed by atoms with Gasteiger partial charge in [-0.3, -0.25) is 34.4 Å². The SMILES string of the molecule is C=C(O)c1ccc(On2cc(N3C[C@@H]4CN(CC5=C(C(=O)OC)[C@H](c6ccc(F)cc6Cl)N=C(c6nccs6)N5)CCN4C3=O)ccc2=O)c(F)c1.COC(=O)C1=C(CN2CCN3C(=O)N(c4ccc(Sc5ccc(C(=O)O)cc5)cc4)C[C@@H]3C2)NC(c2nccs2)=N[C@H]1c1ccc(F)cc1Cl. The monoisotopic (exact) mass is 1480 g/mol. The minimum Gasteiger partial charge on any atom is -0.508 e. The van der Waals surface area contributed by atoms with Crippen LogP contribution < -0.4 is 30.8 Å². The molecule has 6 aliphatic rings. The molecule has 4 N–H and O–H groups in total. The first-order valence-electron chi connectivity index (χ1n) is 31.5. The molecule has 0 bridgehead atoms. The van der Waals surface area contributed by atoms with Gasteiger partial charge in [-0.1, -0.05) is 53.7 Å². The number of fused-ring (bicyclic) bond motifs is 2. The Labute approximate surface area is 602 Å². The number of benzene rings is 5. The number of aliphatic hydroxyl groups excluding tert-OH is 1. The highest BCUT2D eigenvalue weighted by atomic mass is 35.5. The van der Waals surface area contributed by atoms with Crippen LogP contribution in [0.4, 0.5) is 34.1 Å². The highest BCUT2D eigenvalue weighted by Crippen LogP contribution is 2.41. The Morgan fingerprint density at radius 2 is 1.10 bits per heavy atom. The molecule has 0 unspecified atom stereocenters. The minimum atomic E-state index is -0.967. The Hall–Kier alpha value is -10.3. The number of esters is 2. The van der Waals surface area contributed by atoms with Gasteiger partial charge in [-0.05, 0) is 97.1 Å². The predicted octanol–water partition coefficient (Wildman–Crippen LogP) is 10.7. The highest BCUT2D eigenvalue weighted by Gasteiger charge is 2.45. The Morgan fingerprint density at radius 1 is 0.618 bits per heavy atom. The van der Waals surface area contributed by atoms with E-state index in [1.54, 1.807) is 51.8 Å². The summed E-state index contributed by atoms with van der Waals surface area (Å²) in [7, 11) is 2.57. The van der Waals surface area contributed by atoms with Crippen molar-refractivity contribution in [3.05, 3.63) is 244 Å². The highest BCUT2D eigenvalue weighted by molar-refractivity contribution is 7.99. The van der Waals surface area contributed by atoms with Crippen LogP contribution >= 0.6 is 57.6 Å². The van der Waals surface area contributed by atoms with Crippen LogP contribution in [0.2, 0.25) is 10.0 Å². The number of amides is 4. The molecule has 4 fully saturated rings. The minimum absolute atomic E-state index is 0.0613. The molecule has 4 atom stereocenters. The van der Waals surface area contributed by atoms with Crippen LogP contribution in [0.15, 0.2) is 198 Å². The summed E-state index contributed by atoms with van der Waals surface area (Å²) >= 11 is 17.2. The lowest BCUT2D eigenvalue weighted by Gasteiger charge is -2.38. The van der Waals surface area contributed by atoms with Crippen LogP contribution in [-0.4, -0.2) is 178 Å². The number of aromatic carboxylic acids is 1. The summed E-state index contributed by atoms with van der Waals surface area (Å²) < 4.78 is 54.0. The number of methoxy groups -OCH3 is 2. The van der Waals surface area contributed by atoms with E-state index >= 15 is 0 Å². The second kappa shape index (κ2) is 30.1. The van der Waals surface area contributed by atoms with Gasteiger partial charge in [-0.2, -0.15) is 0 Å². The maximum Gasteiger partial charge on any atom is 0.338 e. The number of carboxylic acids is 1. The first kappa shape index (κ1) is 70.1. The average Bonchev–Trinajstić information content (AvgIpc) is 1.25. The molecular formula is C70H60Cl2F3N13O11S3. The number of carbonyl (C=O) groups is 5. The van der Waals surface area contributed by atoms with E-state index in [0.29, 0.717) is 102 Å². The molecule has 3 aromatic heterocycles. The third-order valence-corrected chi connectivity index (χ3v) is 20.8. The lowest BCUT2D eigenvalue weighted by atomic mass is 9.95. The normalized spacial score (nSPS) is 19.1. The van der Waals surface area contributed by atoms with Gasteiger partial charge < -0.3 is 45.0 Å². The van der Waals surface area contributed by atoms with E-state index < -0.39 is 53.0 Å². The number of thiazole rings is 2. The van der Waals surface area contributed by atoms with E-state index in [4.69, 9.17) is 52.6 Å². The van der Waals surface area contributed by atoms with E-state index in [0.717, 1.165) is 32.3 Å². The van der Waals surface area contributed by atoms with Crippen LogP contribution in [0, 0.1) is 17.5 Å². The van der Waals surface area contributed by atoms with E-state index in [-0.39, 0.29) is 81.1 Å². The van der Waals surface area contributed by atoms with Gasteiger partial charge in [-0.15, -0.1) is 27.4 Å². The van der Waals surface area contributed by atoms with Crippen LogP contribution in [0.1, 0.15) is 49.1 Å². The fraction of sp³-hybridized carbons (Fsp3) is 0.229. The molecule has 8 aromatic rings. The number of aromatic nitrogens is 3. The molecule has 5 aromatic carbocycles. The standard InChI is InChI=1S/C35H30ClF2N7O6S.C35H30ClFN6O5S2/c1-19(46)20-3-7-28(26(38)13-20)51-45-17-22(5-8-29(45)47)44-16-23-15-42(10-11-43(23)35(44)49)18-27-30(34(48)50-2)31(24-6-4-21(37)14-25(24)36)41-32(40-27)33-39-9-12-52-33;1-48-34(46)29-28(39-31(32-38-12-15-49-32)40-30(29)26-11-4-21(37)16-27(26)36)19-41-13-14-42-23(17-41)18-43(35(42)47)22-5-9-25(10-6-22)50-24-7-2-20(3-8-24)33(44)45/h3-9,12-14,17,23,31,46H,1,10-11,15-16,18H2,2H3,(H,40,41);2-12,15-16,23,30H,13-14,17-19H2,1H3,(H,39,40)(H,44,45)/t23-,31-;23-,30-/m00/s1. The van der Waals surface area contributed by atoms with Crippen molar-refractivity contribution in [1.82, 2.24) is 44.9 Å². The molecule has 4 amide bonds. The molecule has 0 aliphatic carbocycles. The first-order valence-corrected chi connectivity index (χ1v) is 34.8. The molecule has 14 rings (SSSR count). The summed E-state index contributed by atoms with van der Waals surface area (Å²) in [6.45, 7) is 7.60. The smallest absolute Gasteiger partial charge is 0.338 e. The maximum absolute atomic E-state index is 14.7. The van der Waals surface area contributed by atoms with Crippen LogP contribution in [0.25, 0.3) is 5.76 Å². The second-order valence-electron chi connectivity index (χ2n) is 23.9. The molecule has 102 heavy (non-hydrogen) atoms. The summed E-state index contributed by atoms with van der Waals surface area (Å²) in [6.07, 6.45) is 4.61. The van der Waals surface area contributed by atoms with Crippen LogP contribution in [0.3, 0.4) is 0 Å². The number of urea groups is 2. The molecule has 24 nitrogen and oxygen atoms in total. The molecule has 524 valence electrons. The van der Waals surface area contributed by atoms with Gasteiger partial charge in [0.1, 0.15) is 29.5 Å². The van der Waals surface area contributed by atoms with E-state index in [9.17, 15) is 47.0 Å². The summed E-state index contributed by atoms with van der Waals surface area (Å²) in [6, 6.07) is 26.3.